The van der Waals surface area contributed by atoms with Crippen LogP contribution in [0.15, 0.2) is 18.2 Å². The Labute approximate surface area is 138 Å². The molecule has 23 heavy (non-hydrogen) atoms. The van der Waals surface area contributed by atoms with E-state index in [1.807, 2.05) is 13.1 Å². The zero-order valence-electron chi connectivity index (χ0n) is 14.4. The van der Waals surface area contributed by atoms with Crippen molar-refractivity contribution < 1.29 is 14.3 Å². The number of ether oxygens (including phenoxy) is 2. The summed E-state index contributed by atoms with van der Waals surface area (Å²) in [7, 11) is 3.55. The first-order chi connectivity index (χ1) is 11.1. The lowest BCUT2D eigenvalue weighted by molar-refractivity contribution is -0.121. The molecule has 0 aliphatic carbocycles. The first-order valence-corrected chi connectivity index (χ1v) is 8.25. The second-order valence-corrected chi connectivity index (χ2v) is 6.23. The van der Waals surface area contributed by atoms with Crippen molar-refractivity contribution >= 4 is 5.91 Å². The van der Waals surface area contributed by atoms with Gasteiger partial charge < -0.3 is 20.1 Å². The fourth-order valence-electron chi connectivity index (χ4n) is 3.13. The van der Waals surface area contributed by atoms with Crippen molar-refractivity contribution in [2.75, 3.05) is 40.5 Å². The standard InChI is InChI=1S/C18H28N2O3/c1-14-4-5-16(22-3)15(12-14)18(7-10-23-11-8-18)13-20-17(21)6-9-19-2/h4-5,12,19H,6-11,13H2,1-3H3,(H,20,21). The van der Waals surface area contributed by atoms with E-state index in [1.165, 1.54) is 11.1 Å². The molecule has 5 heteroatoms. The topological polar surface area (TPSA) is 59.6 Å². The van der Waals surface area contributed by atoms with E-state index in [1.54, 1.807) is 7.11 Å². The smallest absolute Gasteiger partial charge is 0.221 e. The molecule has 1 aromatic rings. The molecule has 1 aliphatic rings. The van der Waals surface area contributed by atoms with Crippen molar-refractivity contribution in [3.05, 3.63) is 29.3 Å². The van der Waals surface area contributed by atoms with E-state index in [0.29, 0.717) is 32.7 Å². The van der Waals surface area contributed by atoms with E-state index in [2.05, 4.69) is 29.7 Å². The Balaban J connectivity index is 2.22. The van der Waals surface area contributed by atoms with Crippen LogP contribution in [0.4, 0.5) is 0 Å². The minimum atomic E-state index is -0.120. The fourth-order valence-corrected chi connectivity index (χ4v) is 3.13. The van der Waals surface area contributed by atoms with Crippen LogP contribution in [0.5, 0.6) is 5.75 Å². The Morgan fingerprint density at radius 3 is 2.74 bits per heavy atom. The Morgan fingerprint density at radius 2 is 2.09 bits per heavy atom. The molecule has 1 fully saturated rings. The molecule has 1 aliphatic heterocycles. The third-order valence-electron chi connectivity index (χ3n) is 4.60. The van der Waals surface area contributed by atoms with Gasteiger partial charge in [-0.05, 0) is 32.9 Å². The molecule has 0 saturated carbocycles. The lowest BCUT2D eigenvalue weighted by Gasteiger charge is -2.38. The number of aryl methyl sites for hydroxylation is 1. The van der Waals surface area contributed by atoms with E-state index >= 15 is 0 Å². The Hall–Kier alpha value is -1.59. The second-order valence-electron chi connectivity index (χ2n) is 6.23. The molecule has 1 heterocycles. The zero-order chi connectivity index (χ0) is 16.7. The van der Waals surface area contributed by atoms with Crippen molar-refractivity contribution in [3.63, 3.8) is 0 Å². The summed E-state index contributed by atoms with van der Waals surface area (Å²) in [4.78, 5) is 12.0. The molecule has 2 rings (SSSR count). The summed E-state index contributed by atoms with van der Waals surface area (Å²) < 4.78 is 11.1. The minimum absolute atomic E-state index is 0.0804. The molecule has 0 spiro atoms. The maximum absolute atomic E-state index is 12.0. The van der Waals surface area contributed by atoms with Gasteiger partial charge in [-0.15, -0.1) is 0 Å². The number of nitrogens with one attached hydrogen (secondary N) is 2. The maximum Gasteiger partial charge on any atom is 0.221 e. The summed E-state index contributed by atoms with van der Waals surface area (Å²) in [5, 5.41) is 6.11. The highest BCUT2D eigenvalue weighted by Gasteiger charge is 2.37. The van der Waals surface area contributed by atoms with Gasteiger partial charge in [0, 0.05) is 43.7 Å². The van der Waals surface area contributed by atoms with Gasteiger partial charge in [0.1, 0.15) is 5.75 Å². The molecule has 0 radical (unpaired) electrons. The third-order valence-corrected chi connectivity index (χ3v) is 4.60. The summed E-state index contributed by atoms with van der Waals surface area (Å²) in [6.07, 6.45) is 2.27. The Morgan fingerprint density at radius 1 is 1.35 bits per heavy atom. The van der Waals surface area contributed by atoms with Crippen LogP contribution in [0.25, 0.3) is 0 Å². The Bertz CT molecular complexity index is 525. The number of methoxy groups -OCH3 is 1. The molecular weight excluding hydrogens is 292 g/mol. The number of rotatable bonds is 7. The minimum Gasteiger partial charge on any atom is -0.496 e. The molecule has 1 amide bonds. The van der Waals surface area contributed by atoms with Crippen molar-refractivity contribution in [2.45, 2.75) is 31.6 Å². The van der Waals surface area contributed by atoms with E-state index in [4.69, 9.17) is 9.47 Å². The number of hydrogen-bond acceptors (Lipinski definition) is 4. The zero-order valence-corrected chi connectivity index (χ0v) is 14.4. The van der Waals surface area contributed by atoms with Gasteiger partial charge in [0.15, 0.2) is 0 Å². The van der Waals surface area contributed by atoms with Crippen LogP contribution >= 0.6 is 0 Å². The molecular formula is C18H28N2O3. The first kappa shape index (κ1) is 17.8. The highest BCUT2D eigenvalue weighted by atomic mass is 16.5. The molecule has 0 unspecified atom stereocenters. The van der Waals surface area contributed by atoms with Crippen LogP contribution in [-0.2, 0) is 14.9 Å². The lowest BCUT2D eigenvalue weighted by atomic mass is 9.73. The van der Waals surface area contributed by atoms with Gasteiger partial charge >= 0.3 is 0 Å². The van der Waals surface area contributed by atoms with Crippen LogP contribution in [0, 0.1) is 6.92 Å². The van der Waals surface area contributed by atoms with Crippen LogP contribution in [0.1, 0.15) is 30.4 Å². The van der Waals surface area contributed by atoms with Gasteiger partial charge in [-0.3, -0.25) is 4.79 Å². The predicted molar refractivity (Wildman–Crippen MR) is 91.0 cm³/mol. The average molecular weight is 320 g/mol. The predicted octanol–water partition coefficient (Wildman–Crippen LogP) is 1.78. The Kier molecular flexibility index (Phi) is 6.42. The maximum atomic E-state index is 12.0. The molecule has 0 aromatic heterocycles. The van der Waals surface area contributed by atoms with Gasteiger partial charge in [-0.2, -0.15) is 0 Å². The van der Waals surface area contributed by atoms with E-state index in [9.17, 15) is 4.79 Å². The van der Waals surface area contributed by atoms with Crippen LogP contribution in [0.2, 0.25) is 0 Å². The molecule has 0 bridgehead atoms. The van der Waals surface area contributed by atoms with Gasteiger partial charge in [-0.1, -0.05) is 17.7 Å². The van der Waals surface area contributed by atoms with Crippen LogP contribution in [0.3, 0.4) is 0 Å². The number of benzene rings is 1. The van der Waals surface area contributed by atoms with Crippen molar-refractivity contribution in [2.24, 2.45) is 0 Å². The fraction of sp³-hybridized carbons (Fsp3) is 0.611. The average Bonchev–Trinajstić information content (AvgIpc) is 2.59. The van der Waals surface area contributed by atoms with Gasteiger partial charge in [0.2, 0.25) is 5.91 Å². The monoisotopic (exact) mass is 320 g/mol. The summed E-state index contributed by atoms with van der Waals surface area (Å²) in [6, 6.07) is 6.26. The molecule has 128 valence electrons. The number of amides is 1. The number of hydrogen-bond donors (Lipinski definition) is 2. The van der Waals surface area contributed by atoms with Crippen molar-refractivity contribution in [1.29, 1.82) is 0 Å². The SMILES string of the molecule is CNCCC(=O)NCC1(c2cc(C)ccc2OC)CCOCC1. The molecule has 1 saturated heterocycles. The van der Waals surface area contributed by atoms with E-state index in [-0.39, 0.29) is 11.3 Å². The molecule has 2 N–H and O–H groups in total. The number of carbonyl (C=O) groups is 1. The normalized spacial score (nSPS) is 16.8. The quantitative estimate of drug-likeness (QED) is 0.804. The first-order valence-electron chi connectivity index (χ1n) is 8.25. The largest absolute Gasteiger partial charge is 0.496 e. The van der Waals surface area contributed by atoms with Crippen molar-refractivity contribution in [1.82, 2.24) is 10.6 Å². The highest BCUT2D eigenvalue weighted by molar-refractivity contribution is 5.76. The molecule has 0 atom stereocenters. The third kappa shape index (κ3) is 4.45. The lowest BCUT2D eigenvalue weighted by Crippen LogP contribution is -2.45. The summed E-state index contributed by atoms with van der Waals surface area (Å²) >= 11 is 0. The molecule has 1 aromatic carbocycles. The van der Waals surface area contributed by atoms with Crippen LogP contribution in [-0.4, -0.2) is 46.4 Å². The van der Waals surface area contributed by atoms with Crippen LogP contribution < -0.4 is 15.4 Å². The summed E-state index contributed by atoms with van der Waals surface area (Å²) in [5.41, 5.74) is 2.26. The van der Waals surface area contributed by atoms with E-state index < -0.39 is 0 Å². The van der Waals surface area contributed by atoms with Gasteiger partial charge in [-0.25, -0.2) is 0 Å². The van der Waals surface area contributed by atoms with E-state index in [0.717, 1.165) is 18.6 Å². The highest BCUT2D eigenvalue weighted by Crippen LogP contribution is 2.40. The summed E-state index contributed by atoms with van der Waals surface area (Å²) in [5.74, 6) is 0.971. The number of carbonyl (C=O) groups excluding carboxylic acids is 1. The molecule has 5 nitrogen and oxygen atoms in total. The second kappa shape index (κ2) is 8.31. The van der Waals surface area contributed by atoms with Crippen molar-refractivity contribution in [3.8, 4) is 5.75 Å². The van der Waals surface area contributed by atoms with Gasteiger partial charge in [0.05, 0.1) is 7.11 Å². The van der Waals surface area contributed by atoms with Gasteiger partial charge in [0.25, 0.3) is 0 Å². The summed E-state index contributed by atoms with van der Waals surface area (Å²) in [6.45, 7) is 4.82.